The van der Waals surface area contributed by atoms with Gasteiger partial charge in [0.2, 0.25) is 11.8 Å². The zero-order chi connectivity index (χ0) is 19.8. The minimum absolute atomic E-state index is 0. The molecule has 0 heterocycles. The fourth-order valence-electron chi connectivity index (χ4n) is 4.60. The molecular weight excluding hydrogens is 386 g/mol. The van der Waals surface area contributed by atoms with Crippen molar-refractivity contribution in [1.82, 2.24) is 10.2 Å². The number of rotatable bonds is 8. The lowest BCUT2D eigenvalue weighted by molar-refractivity contribution is -0.137. The number of nitrogens with zero attached hydrogens (tertiary/aromatic N) is 1. The highest BCUT2D eigenvalue weighted by Gasteiger charge is 2.31. The van der Waals surface area contributed by atoms with Crippen LogP contribution >= 0.6 is 12.4 Å². The first-order valence-corrected chi connectivity index (χ1v) is 11.0. The Balaban J connectivity index is 0.00000300. The van der Waals surface area contributed by atoms with Crippen LogP contribution in [-0.2, 0) is 16.1 Å². The summed E-state index contributed by atoms with van der Waals surface area (Å²) in [6.45, 7) is 1.96. The van der Waals surface area contributed by atoms with Crippen LogP contribution in [0.25, 0.3) is 0 Å². The van der Waals surface area contributed by atoms with E-state index in [0.29, 0.717) is 19.6 Å². The normalized spacial score (nSPS) is 22.0. The monoisotopic (exact) mass is 421 g/mol. The van der Waals surface area contributed by atoms with Crippen molar-refractivity contribution in [3.63, 3.8) is 0 Å². The van der Waals surface area contributed by atoms with E-state index < -0.39 is 0 Å². The summed E-state index contributed by atoms with van der Waals surface area (Å²) in [4.78, 5) is 27.5. The Morgan fingerprint density at radius 2 is 1.62 bits per heavy atom. The van der Waals surface area contributed by atoms with Crippen LogP contribution < -0.4 is 11.1 Å². The average Bonchev–Trinajstić information content (AvgIpc) is 3.27. The van der Waals surface area contributed by atoms with Gasteiger partial charge in [-0.3, -0.25) is 9.59 Å². The largest absolute Gasteiger partial charge is 0.353 e. The van der Waals surface area contributed by atoms with Gasteiger partial charge in [-0.05, 0) is 57.1 Å². The molecule has 2 aliphatic rings. The Bertz CT molecular complexity index is 626. The number of benzene rings is 1. The first-order chi connectivity index (χ1) is 13.7. The van der Waals surface area contributed by atoms with Gasteiger partial charge in [-0.15, -0.1) is 12.4 Å². The van der Waals surface area contributed by atoms with E-state index >= 15 is 0 Å². The first kappa shape index (κ1) is 23.7. The molecule has 1 aromatic rings. The maximum absolute atomic E-state index is 13.1. The van der Waals surface area contributed by atoms with E-state index in [4.69, 9.17) is 5.73 Å². The molecule has 1 aromatic carbocycles. The summed E-state index contributed by atoms with van der Waals surface area (Å²) < 4.78 is 0. The van der Waals surface area contributed by atoms with Crippen LogP contribution in [-0.4, -0.2) is 35.8 Å². The summed E-state index contributed by atoms with van der Waals surface area (Å²) in [5, 5.41) is 3.24. The van der Waals surface area contributed by atoms with E-state index in [0.717, 1.165) is 50.5 Å². The van der Waals surface area contributed by atoms with E-state index in [1.54, 1.807) is 0 Å². The molecule has 6 heteroatoms. The van der Waals surface area contributed by atoms with Gasteiger partial charge in [0.1, 0.15) is 0 Å². The highest BCUT2D eigenvalue weighted by molar-refractivity contribution is 5.85. The predicted octanol–water partition coefficient (Wildman–Crippen LogP) is 3.65. The topological polar surface area (TPSA) is 75.4 Å². The Kier molecular flexibility index (Phi) is 9.95. The summed E-state index contributed by atoms with van der Waals surface area (Å²) in [6, 6.07) is 10.4. The molecule has 3 N–H and O–H groups in total. The third-order valence-electron chi connectivity index (χ3n) is 6.31. The number of hydrogen-bond donors (Lipinski definition) is 2. The molecule has 0 aromatic heterocycles. The van der Waals surface area contributed by atoms with Gasteiger partial charge in [0.25, 0.3) is 0 Å². The van der Waals surface area contributed by atoms with Gasteiger partial charge in [0.05, 0.1) is 0 Å². The summed E-state index contributed by atoms with van der Waals surface area (Å²) in [7, 11) is 0. The molecule has 5 nitrogen and oxygen atoms in total. The van der Waals surface area contributed by atoms with Crippen LogP contribution in [0.4, 0.5) is 0 Å². The highest BCUT2D eigenvalue weighted by atomic mass is 35.5. The Morgan fingerprint density at radius 1 is 0.966 bits per heavy atom. The minimum atomic E-state index is 0. The molecule has 3 rings (SSSR count). The molecule has 0 radical (unpaired) electrons. The standard InChI is InChI=1S/C23H35N3O2.ClH/c24-15-6-16-26(17-18-7-2-1-3-8-18)23(28)20-11-13-21(14-12-20)25-22(27)19-9-4-5-10-19;/h1-3,7-8,19-21H,4-6,9-17,24H2,(H,25,27);1H. The number of carbonyl (C=O) groups is 2. The zero-order valence-electron chi connectivity index (χ0n) is 17.4. The van der Waals surface area contributed by atoms with Gasteiger partial charge in [0, 0.05) is 31.0 Å². The molecule has 0 spiro atoms. The summed E-state index contributed by atoms with van der Waals surface area (Å²) in [5.41, 5.74) is 6.84. The number of carbonyl (C=O) groups excluding carboxylic acids is 2. The van der Waals surface area contributed by atoms with Crippen molar-refractivity contribution in [3.05, 3.63) is 35.9 Å². The third kappa shape index (κ3) is 7.00. The van der Waals surface area contributed by atoms with Crippen molar-refractivity contribution < 1.29 is 9.59 Å². The Hall–Kier alpha value is -1.59. The van der Waals surface area contributed by atoms with Crippen molar-refractivity contribution in [1.29, 1.82) is 0 Å². The van der Waals surface area contributed by atoms with E-state index in [1.807, 2.05) is 23.1 Å². The van der Waals surface area contributed by atoms with Crippen LogP contribution in [0.5, 0.6) is 0 Å². The number of nitrogens with one attached hydrogen (secondary N) is 1. The van der Waals surface area contributed by atoms with Crippen LogP contribution in [0, 0.1) is 11.8 Å². The summed E-state index contributed by atoms with van der Waals surface area (Å²) in [5.74, 6) is 0.775. The van der Waals surface area contributed by atoms with Crippen LogP contribution in [0.3, 0.4) is 0 Å². The van der Waals surface area contributed by atoms with E-state index in [9.17, 15) is 9.59 Å². The fraction of sp³-hybridized carbons (Fsp3) is 0.652. The average molecular weight is 422 g/mol. The predicted molar refractivity (Wildman–Crippen MR) is 119 cm³/mol. The van der Waals surface area contributed by atoms with Gasteiger partial charge in [-0.2, -0.15) is 0 Å². The van der Waals surface area contributed by atoms with Crippen molar-refractivity contribution in [2.45, 2.75) is 70.4 Å². The lowest BCUT2D eigenvalue weighted by atomic mass is 9.84. The molecule has 2 amide bonds. The van der Waals surface area contributed by atoms with Crippen molar-refractivity contribution in [2.75, 3.05) is 13.1 Å². The third-order valence-corrected chi connectivity index (χ3v) is 6.31. The Morgan fingerprint density at radius 3 is 2.24 bits per heavy atom. The molecule has 2 fully saturated rings. The van der Waals surface area contributed by atoms with Crippen LogP contribution in [0.2, 0.25) is 0 Å². The second-order valence-corrected chi connectivity index (χ2v) is 8.43. The number of nitrogens with two attached hydrogens (primary N) is 1. The molecule has 162 valence electrons. The SMILES string of the molecule is Cl.NCCCN(Cc1ccccc1)C(=O)C1CCC(NC(=O)C2CCCC2)CC1. The summed E-state index contributed by atoms with van der Waals surface area (Å²) in [6.07, 6.45) is 8.80. The fourth-order valence-corrected chi connectivity index (χ4v) is 4.60. The maximum atomic E-state index is 13.1. The maximum Gasteiger partial charge on any atom is 0.225 e. The minimum Gasteiger partial charge on any atom is -0.353 e. The molecule has 29 heavy (non-hydrogen) atoms. The van der Waals surface area contributed by atoms with E-state index in [1.165, 1.54) is 12.8 Å². The van der Waals surface area contributed by atoms with Gasteiger partial charge in [0.15, 0.2) is 0 Å². The Labute approximate surface area is 181 Å². The number of halogens is 1. The van der Waals surface area contributed by atoms with Crippen LogP contribution in [0.15, 0.2) is 30.3 Å². The summed E-state index contributed by atoms with van der Waals surface area (Å²) >= 11 is 0. The number of hydrogen-bond acceptors (Lipinski definition) is 3. The van der Waals surface area contributed by atoms with E-state index in [2.05, 4.69) is 17.4 Å². The van der Waals surface area contributed by atoms with Gasteiger partial charge < -0.3 is 16.0 Å². The van der Waals surface area contributed by atoms with E-state index in [-0.39, 0.29) is 42.1 Å². The molecule has 0 unspecified atom stereocenters. The molecule has 0 aliphatic heterocycles. The second-order valence-electron chi connectivity index (χ2n) is 8.43. The molecule has 0 bridgehead atoms. The van der Waals surface area contributed by atoms with Crippen LogP contribution in [0.1, 0.15) is 63.4 Å². The zero-order valence-corrected chi connectivity index (χ0v) is 18.2. The first-order valence-electron chi connectivity index (χ1n) is 11.0. The highest BCUT2D eigenvalue weighted by Crippen LogP contribution is 2.29. The quantitative estimate of drug-likeness (QED) is 0.672. The smallest absolute Gasteiger partial charge is 0.225 e. The number of amides is 2. The van der Waals surface area contributed by atoms with Gasteiger partial charge >= 0.3 is 0 Å². The molecular formula is C23H36ClN3O2. The van der Waals surface area contributed by atoms with Crippen molar-refractivity contribution >= 4 is 24.2 Å². The lowest BCUT2D eigenvalue weighted by Crippen LogP contribution is -2.43. The lowest BCUT2D eigenvalue weighted by Gasteiger charge is -2.33. The van der Waals surface area contributed by atoms with Crippen molar-refractivity contribution in [3.8, 4) is 0 Å². The van der Waals surface area contributed by atoms with Gasteiger partial charge in [-0.25, -0.2) is 0 Å². The molecule has 2 saturated carbocycles. The van der Waals surface area contributed by atoms with Crippen molar-refractivity contribution in [2.24, 2.45) is 17.6 Å². The molecule has 0 saturated heterocycles. The molecule has 0 atom stereocenters. The second kappa shape index (κ2) is 12.2. The van der Waals surface area contributed by atoms with Gasteiger partial charge in [-0.1, -0.05) is 43.2 Å². The molecule has 2 aliphatic carbocycles.